The number of carbonyl (C=O) groups is 2. The van der Waals surface area contributed by atoms with Crippen molar-refractivity contribution in [3.63, 3.8) is 0 Å². The van der Waals surface area contributed by atoms with Crippen LogP contribution in [0, 0.1) is 0 Å². The minimum atomic E-state index is -1.05. The number of hydrogen-bond donors (Lipinski definition) is 3. The van der Waals surface area contributed by atoms with Crippen molar-refractivity contribution in [2.24, 2.45) is 5.73 Å². The summed E-state index contributed by atoms with van der Waals surface area (Å²) in [6.45, 7) is 2.97. The summed E-state index contributed by atoms with van der Waals surface area (Å²) in [5.74, 6) is -1.34. The lowest BCUT2D eigenvalue weighted by atomic mass is 9.91. The van der Waals surface area contributed by atoms with E-state index in [-0.39, 0.29) is 29.1 Å². The Morgan fingerprint density at radius 2 is 1.65 bits per heavy atom. The number of rotatable bonds is 3. The van der Waals surface area contributed by atoms with Crippen molar-refractivity contribution >= 4 is 11.9 Å². The second-order valence-corrected chi connectivity index (χ2v) is 4.64. The van der Waals surface area contributed by atoms with Crippen LogP contribution >= 0.6 is 0 Å². The Balaban J connectivity index is 2.55. The van der Waals surface area contributed by atoms with Gasteiger partial charge in [-0.15, -0.1) is 0 Å². The summed E-state index contributed by atoms with van der Waals surface area (Å²) in [5, 5.41) is 11.6. The number of nitrogens with one attached hydrogen (secondary N) is 1. The largest absolute Gasteiger partial charge is 0.478 e. The first-order valence-electron chi connectivity index (χ1n) is 5.89. The molecule has 5 heteroatoms. The van der Waals surface area contributed by atoms with Crippen molar-refractivity contribution in [3.05, 3.63) is 11.1 Å². The smallest absolute Gasteiger partial charge is 0.331 e. The molecule has 1 amide bonds. The van der Waals surface area contributed by atoms with Gasteiger partial charge in [0, 0.05) is 23.2 Å². The van der Waals surface area contributed by atoms with Crippen LogP contribution in [0.25, 0.3) is 0 Å². The van der Waals surface area contributed by atoms with Gasteiger partial charge in [-0.25, -0.2) is 4.79 Å². The summed E-state index contributed by atoms with van der Waals surface area (Å²) in [6.07, 6.45) is 3.55. The third kappa shape index (κ3) is 3.85. The van der Waals surface area contributed by atoms with Gasteiger partial charge in [0.05, 0.1) is 0 Å². The molecule has 0 bridgehead atoms. The predicted molar refractivity (Wildman–Crippen MR) is 64.4 cm³/mol. The number of carboxylic acids is 1. The Hall–Kier alpha value is -1.36. The third-order valence-electron chi connectivity index (χ3n) is 3.33. The van der Waals surface area contributed by atoms with Gasteiger partial charge < -0.3 is 16.2 Å². The Morgan fingerprint density at radius 1 is 1.12 bits per heavy atom. The Kier molecular flexibility index (Phi) is 4.69. The van der Waals surface area contributed by atoms with E-state index in [0.717, 1.165) is 25.7 Å². The van der Waals surface area contributed by atoms with Crippen LogP contribution in [0.4, 0.5) is 0 Å². The van der Waals surface area contributed by atoms with Gasteiger partial charge in [0.15, 0.2) is 0 Å². The van der Waals surface area contributed by atoms with E-state index in [1.807, 2.05) is 0 Å². The zero-order valence-corrected chi connectivity index (χ0v) is 10.3. The van der Waals surface area contributed by atoms with Crippen LogP contribution in [0.5, 0.6) is 0 Å². The van der Waals surface area contributed by atoms with Crippen molar-refractivity contribution in [2.75, 3.05) is 0 Å². The molecule has 0 spiro atoms. The van der Waals surface area contributed by atoms with Crippen molar-refractivity contribution in [1.29, 1.82) is 0 Å². The van der Waals surface area contributed by atoms with Crippen molar-refractivity contribution < 1.29 is 14.7 Å². The summed E-state index contributed by atoms with van der Waals surface area (Å²) in [6, 6.07) is 0.361. The van der Waals surface area contributed by atoms with Gasteiger partial charge in [-0.1, -0.05) is 0 Å². The molecule has 96 valence electrons. The molecule has 0 heterocycles. The molecule has 17 heavy (non-hydrogen) atoms. The maximum Gasteiger partial charge on any atom is 0.331 e. The molecule has 0 unspecified atom stereocenters. The van der Waals surface area contributed by atoms with Crippen molar-refractivity contribution in [1.82, 2.24) is 5.32 Å². The Labute approximate surface area is 101 Å². The number of hydrogen-bond acceptors (Lipinski definition) is 3. The molecule has 1 aliphatic rings. The van der Waals surface area contributed by atoms with E-state index in [9.17, 15) is 9.59 Å². The van der Waals surface area contributed by atoms with E-state index >= 15 is 0 Å². The van der Waals surface area contributed by atoms with E-state index in [4.69, 9.17) is 10.8 Å². The highest BCUT2D eigenvalue weighted by molar-refractivity contribution is 6.01. The topological polar surface area (TPSA) is 92.4 Å². The number of carbonyl (C=O) groups excluding carboxylic acids is 1. The third-order valence-corrected chi connectivity index (χ3v) is 3.33. The standard InChI is InChI=1S/C12H20N2O3/c1-7(8(2)12(16)17)11(15)14-10-5-3-9(13)4-6-10/h9-10H,3-6,13H2,1-2H3,(H,14,15)(H,16,17). The average Bonchev–Trinajstić information content (AvgIpc) is 2.30. The molecule has 4 N–H and O–H groups in total. The molecule has 1 saturated carbocycles. The Morgan fingerprint density at radius 3 is 2.12 bits per heavy atom. The SMILES string of the molecule is CC(C(=O)O)=C(C)C(=O)NC1CCC(N)CC1. The second-order valence-electron chi connectivity index (χ2n) is 4.64. The molecule has 0 atom stereocenters. The quantitative estimate of drug-likeness (QED) is 0.636. The van der Waals surface area contributed by atoms with E-state index in [1.54, 1.807) is 0 Å². The molecular formula is C12H20N2O3. The van der Waals surface area contributed by atoms with Gasteiger partial charge in [-0.3, -0.25) is 4.79 Å². The van der Waals surface area contributed by atoms with Crippen LogP contribution in [-0.4, -0.2) is 29.1 Å². The van der Waals surface area contributed by atoms with Gasteiger partial charge in [-0.2, -0.15) is 0 Å². The lowest BCUT2D eigenvalue weighted by Gasteiger charge is -2.27. The maximum absolute atomic E-state index is 11.8. The number of aliphatic carboxylic acids is 1. The molecule has 0 radical (unpaired) electrons. The van der Waals surface area contributed by atoms with Crippen LogP contribution in [0.15, 0.2) is 11.1 Å². The fourth-order valence-corrected chi connectivity index (χ4v) is 1.89. The first-order chi connectivity index (χ1) is 7.91. The van der Waals surface area contributed by atoms with Crippen molar-refractivity contribution in [2.45, 2.75) is 51.6 Å². The first kappa shape index (κ1) is 13.7. The monoisotopic (exact) mass is 240 g/mol. The summed E-state index contributed by atoms with van der Waals surface area (Å²) < 4.78 is 0. The molecule has 0 saturated heterocycles. The summed E-state index contributed by atoms with van der Waals surface area (Å²) in [4.78, 5) is 22.5. The molecule has 0 aliphatic heterocycles. The lowest BCUT2D eigenvalue weighted by molar-refractivity contribution is -0.133. The Bertz CT molecular complexity index is 342. The van der Waals surface area contributed by atoms with Gasteiger partial charge in [-0.05, 0) is 39.5 Å². The molecule has 1 aliphatic carbocycles. The minimum absolute atomic E-state index is 0.0926. The average molecular weight is 240 g/mol. The first-order valence-corrected chi connectivity index (χ1v) is 5.89. The van der Waals surface area contributed by atoms with Crippen LogP contribution < -0.4 is 11.1 Å². The molecule has 1 fully saturated rings. The number of nitrogens with two attached hydrogens (primary N) is 1. The zero-order valence-electron chi connectivity index (χ0n) is 10.3. The van der Waals surface area contributed by atoms with Crippen LogP contribution in [0.1, 0.15) is 39.5 Å². The number of amides is 1. The fourth-order valence-electron chi connectivity index (χ4n) is 1.89. The lowest BCUT2D eigenvalue weighted by Crippen LogP contribution is -2.41. The normalized spacial score (nSPS) is 26.1. The van der Waals surface area contributed by atoms with E-state index in [0.29, 0.717) is 0 Å². The van der Waals surface area contributed by atoms with Gasteiger partial charge in [0.2, 0.25) is 5.91 Å². The van der Waals surface area contributed by atoms with Gasteiger partial charge in [0.25, 0.3) is 0 Å². The molecule has 0 aromatic heterocycles. The van der Waals surface area contributed by atoms with Gasteiger partial charge >= 0.3 is 5.97 Å². The van der Waals surface area contributed by atoms with E-state index < -0.39 is 5.97 Å². The van der Waals surface area contributed by atoms with Crippen LogP contribution in [-0.2, 0) is 9.59 Å². The van der Waals surface area contributed by atoms with Gasteiger partial charge in [0.1, 0.15) is 0 Å². The summed E-state index contributed by atoms with van der Waals surface area (Å²) in [7, 11) is 0. The second kappa shape index (κ2) is 5.82. The molecule has 5 nitrogen and oxygen atoms in total. The minimum Gasteiger partial charge on any atom is -0.478 e. The molecule has 0 aromatic rings. The van der Waals surface area contributed by atoms with E-state index in [2.05, 4.69) is 5.32 Å². The highest BCUT2D eigenvalue weighted by Gasteiger charge is 2.21. The molecule has 0 aromatic carbocycles. The van der Waals surface area contributed by atoms with E-state index in [1.165, 1.54) is 13.8 Å². The number of carboxylic acid groups (broad SMARTS) is 1. The highest BCUT2D eigenvalue weighted by Crippen LogP contribution is 2.17. The van der Waals surface area contributed by atoms with Crippen LogP contribution in [0.3, 0.4) is 0 Å². The summed E-state index contributed by atoms with van der Waals surface area (Å²) >= 11 is 0. The predicted octanol–water partition coefficient (Wildman–Crippen LogP) is 0.793. The molecular weight excluding hydrogens is 220 g/mol. The highest BCUT2D eigenvalue weighted by atomic mass is 16.4. The maximum atomic E-state index is 11.8. The molecule has 1 rings (SSSR count). The van der Waals surface area contributed by atoms with Crippen molar-refractivity contribution in [3.8, 4) is 0 Å². The van der Waals surface area contributed by atoms with Crippen LogP contribution in [0.2, 0.25) is 0 Å². The fraction of sp³-hybridized carbons (Fsp3) is 0.667. The zero-order chi connectivity index (χ0) is 13.0. The summed E-state index contributed by atoms with van der Waals surface area (Å²) in [5.41, 5.74) is 6.14.